The standard InChI is InChI=1S/C16H18ClN5O2/c17-15-19-9-13(10-5-7-18-8-6-10)14(22-15)20-11-1-3-12(4-2-11)21-16(23)24/h5-9,11-12,21H,1-4H2,(H,23,24)(H,19,20,22). The zero-order valence-electron chi connectivity index (χ0n) is 12.9. The van der Waals surface area contributed by atoms with E-state index in [0.29, 0.717) is 5.82 Å². The molecule has 0 aliphatic heterocycles. The number of hydrogen-bond donors (Lipinski definition) is 3. The van der Waals surface area contributed by atoms with Crippen LogP contribution in [0.15, 0.2) is 30.7 Å². The summed E-state index contributed by atoms with van der Waals surface area (Å²) < 4.78 is 0. The molecule has 8 heteroatoms. The van der Waals surface area contributed by atoms with Crippen molar-refractivity contribution in [2.45, 2.75) is 37.8 Å². The highest BCUT2D eigenvalue weighted by atomic mass is 35.5. The summed E-state index contributed by atoms with van der Waals surface area (Å²) in [5.74, 6) is 0.691. The number of nitrogens with zero attached hydrogens (tertiary/aromatic N) is 3. The Labute approximate surface area is 144 Å². The molecule has 1 fully saturated rings. The first kappa shape index (κ1) is 16.4. The Balaban J connectivity index is 1.72. The molecular formula is C16H18ClN5O2. The molecular weight excluding hydrogens is 330 g/mol. The highest BCUT2D eigenvalue weighted by Crippen LogP contribution is 2.29. The van der Waals surface area contributed by atoms with Crippen LogP contribution in [-0.2, 0) is 0 Å². The van der Waals surface area contributed by atoms with Gasteiger partial charge in [0.05, 0.1) is 0 Å². The maximum absolute atomic E-state index is 10.7. The van der Waals surface area contributed by atoms with Gasteiger partial charge in [-0.2, -0.15) is 0 Å². The van der Waals surface area contributed by atoms with E-state index in [2.05, 4.69) is 25.6 Å². The number of hydrogen-bond acceptors (Lipinski definition) is 5. The van der Waals surface area contributed by atoms with Crippen molar-refractivity contribution in [1.82, 2.24) is 20.3 Å². The largest absolute Gasteiger partial charge is 0.465 e. The molecule has 0 spiro atoms. The molecule has 0 aromatic carbocycles. The molecule has 1 aliphatic carbocycles. The smallest absolute Gasteiger partial charge is 0.404 e. The van der Waals surface area contributed by atoms with E-state index in [1.54, 1.807) is 18.6 Å². The van der Waals surface area contributed by atoms with E-state index < -0.39 is 6.09 Å². The quantitative estimate of drug-likeness (QED) is 0.734. The SMILES string of the molecule is O=C(O)NC1CCC(Nc2nc(Cl)ncc2-c2ccncc2)CC1. The lowest BCUT2D eigenvalue weighted by Gasteiger charge is -2.29. The molecule has 126 valence electrons. The third-order valence-electron chi connectivity index (χ3n) is 4.15. The van der Waals surface area contributed by atoms with Crippen molar-refractivity contribution in [2.24, 2.45) is 0 Å². The average Bonchev–Trinajstić information content (AvgIpc) is 2.57. The topological polar surface area (TPSA) is 100 Å². The van der Waals surface area contributed by atoms with Gasteiger partial charge in [-0.05, 0) is 55.0 Å². The second-order valence-electron chi connectivity index (χ2n) is 5.78. The van der Waals surface area contributed by atoms with Crippen molar-refractivity contribution in [1.29, 1.82) is 0 Å². The van der Waals surface area contributed by atoms with Gasteiger partial charge in [0.1, 0.15) is 5.82 Å². The summed E-state index contributed by atoms with van der Waals surface area (Å²) in [6.45, 7) is 0. The minimum Gasteiger partial charge on any atom is -0.465 e. The minimum atomic E-state index is -0.964. The molecule has 2 heterocycles. The van der Waals surface area contributed by atoms with Crippen LogP contribution in [0.3, 0.4) is 0 Å². The fourth-order valence-corrected chi connectivity index (χ4v) is 3.10. The molecule has 0 saturated heterocycles. The highest BCUT2D eigenvalue weighted by molar-refractivity contribution is 6.28. The molecule has 0 atom stereocenters. The second-order valence-corrected chi connectivity index (χ2v) is 6.12. The van der Waals surface area contributed by atoms with Gasteiger partial charge in [-0.15, -0.1) is 0 Å². The van der Waals surface area contributed by atoms with Gasteiger partial charge < -0.3 is 15.7 Å². The molecule has 0 radical (unpaired) electrons. The van der Waals surface area contributed by atoms with Gasteiger partial charge >= 0.3 is 6.09 Å². The molecule has 1 amide bonds. The maximum Gasteiger partial charge on any atom is 0.404 e. The molecule has 1 saturated carbocycles. The van der Waals surface area contributed by atoms with E-state index >= 15 is 0 Å². The Morgan fingerprint density at radius 2 is 1.83 bits per heavy atom. The number of amides is 1. The van der Waals surface area contributed by atoms with Crippen LogP contribution in [0.25, 0.3) is 11.1 Å². The van der Waals surface area contributed by atoms with Gasteiger partial charge in [-0.25, -0.2) is 14.8 Å². The lowest BCUT2D eigenvalue weighted by Crippen LogP contribution is -2.39. The summed E-state index contributed by atoms with van der Waals surface area (Å²) in [6, 6.07) is 4.04. The first-order valence-corrected chi connectivity index (χ1v) is 8.18. The van der Waals surface area contributed by atoms with Crippen molar-refractivity contribution < 1.29 is 9.90 Å². The summed E-state index contributed by atoms with van der Waals surface area (Å²) >= 11 is 5.95. The average molecular weight is 348 g/mol. The summed E-state index contributed by atoms with van der Waals surface area (Å²) in [6.07, 6.45) is 7.50. The van der Waals surface area contributed by atoms with E-state index in [0.717, 1.165) is 36.8 Å². The number of nitrogens with one attached hydrogen (secondary N) is 2. The summed E-state index contributed by atoms with van der Waals surface area (Å²) in [4.78, 5) is 23.1. The van der Waals surface area contributed by atoms with Crippen molar-refractivity contribution >= 4 is 23.5 Å². The first-order chi connectivity index (χ1) is 11.6. The first-order valence-electron chi connectivity index (χ1n) is 7.81. The Kier molecular flexibility index (Phi) is 5.10. The van der Waals surface area contributed by atoms with Crippen molar-refractivity contribution in [3.63, 3.8) is 0 Å². The molecule has 3 rings (SSSR count). The van der Waals surface area contributed by atoms with E-state index in [1.165, 1.54) is 0 Å². The van der Waals surface area contributed by atoms with Crippen molar-refractivity contribution in [2.75, 3.05) is 5.32 Å². The fraction of sp³-hybridized carbons (Fsp3) is 0.375. The Morgan fingerprint density at radius 3 is 2.50 bits per heavy atom. The number of rotatable bonds is 4. The third kappa shape index (κ3) is 4.11. The minimum absolute atomic E-state index is 0.0224. The third-order valence-corrected chi connectivity index (χ3v) is 4.33. The molecule has 2 aromatic heterocycles. The molecule has 3 N–H and O–H groups in total. The van der Waals surface area contributed by atoms with Gasteiger partial charge in [0.25, 0.3) is 0 Å². The van der Waals surface area contributed by atoms with Crippen LogP contribution in [0.5, 0.6) is 0 Å². The van der Waals surface area contributed by atoms with E-state index in [4.69, 9.17) is 16.7 Å². The Bertz CT molecular complexity index is 705. The second kappa shape index (κ2) is 7.44. The Hall–Kier alpha value is -2.41. The summed E-state index contributed by atoms with van der Waals surface area (Å²) in [5, 5.41) is 15.0. The number of carbonyl (C=O) groups is 1. The van der Waals surface area contributed by atoms with Crippen molar-refractivity contribution in [3.8, 4) is 11.1 Å². The van der Waals surface area contributed by atoms with E-state index in [1.807, 2.05) is 12.1 Å². The van der Waals surface area contributed by atoms with Gasteiger partial charge in [0, 0.05) is 36.2 Å². The number of carboxylic acid groups (broad SMARTS) is 1. The van der Waals surface area contributed by atoms with Crippen LogP contribution >= 0.6 is 11.6 Å². The van der Waals surface area contributed by atoms with E-state index in [-0.39, 0.29) is 17.4 Å². The maximum atomic E-state index is 10.7. The monoisotopic (exact) mass is 347 g/mol. The van der Waals surface area contributed by atoms with Gasteiger partial charge in [0.2, 0.25) is 5.28 Å². The zero-order valence-corrected chi connectivity index (χ0v) is 13.7. The normalized spacial score (nSPS) is 20.4. The number of halogens is 1. The zero-order chi connectivity index (χ0) is 16.9. The highest BCUT2D eigenvalue weighted by Gasteiger charge is 2.23. The molecule has 0 bridgehead atoms. The number of pyridine rings is 1. The van der Waals surface area contributed by atoms with Crippen LogP contribution in [0, 0.1) is 0 Å². The summed E-state index contributed by atoms with van der Waals surface area (Å²) in [5.41, 5.74) is 1.83. The Morgan fingerprint density at radius 1 is 1.17 bits per heavy atom. The lowest BCUT2D eigenvalue weighted by molar-refractivity contribution is 0.185. The van der Waals surface area contributed by atoms with Crippen LogP contribution in [-0.4, -0.2) is 38.2 Å². The number of aromatic nitrogens is 3. The summed E-state index contributed by atoms with van der Waals surface area (Å²) in [7, 11) is 0. The molecule has 7 nitrogen and oxygen atoms in total. The van der Waals surface area contributed by atoms with Crippen LogP contribution in [0.1, 0.15) is 25.7 Å². The van der Waals surface area contributed by atoms with Gasteiger partial charge in [0.15, 0.2) is 0 Å². The molecule has 1 aliphatic rings. The predicted octanol–water partition coefficient (Wildman–Crippen LogP) is 3.18. The predicted molar refractivity (Wildman–Crippen MR) is 91.1 cm³/mol. The molecule has 0 unspecified atom stereocenters. The van der Waals surface area contributed by atoms with Gasteiger partial charge in [-0.1, -0.05) is 0 Å². The fourth-order valence-electron chi connectivity index (χ4n) is 2.96. The van der Waals surface area contributed by atoms with Crippen molar-refractivity contribution in [3.05, 3.63) is 36.0 Å². The number of anilines is 1. The van der Waals surface area contributed by atoms with E-state index in [9.17, 15) is 4.79 Å². The van der Waals surface area contributed by atoms with Crippen LogP contribution < -0.4 is 10.6 Å². The van der Waals surface area contributed by atoms with Crippen LogP contribution in [0.2, 0.25) is 5.28 Å². The molecule has 24 heavy (non-hydrogen) atoms. The van der Waals surface area contributed by atoms with Crippen LogP contribution in [0.4, 0.5) is 10.6 Å². The van der Waals surface area contributed by atoms with Gasteiger partial charge in [-0.3, -0.25) is 4.98 Å². The lowest BCUT2D eigenvalue weighted by atomic mass is 9.91. The molecule has 2 aromatic rings.